The maximum atomic E-state index is 12.4. The fourth-order valence-electron chi connectivity index (χ4n) is 3.68. The van der Waals surface area contributed by atoms with Gasteiger partial charge in [-0.3, -0.25) is 9.59 Å². The van der Waals surface area contributed by atoms with E-state index in [1.807, 2.05) is 44.2 Å². The van der Waals surface area contributed by atoms with Crippen molar-refractivity contribution in [1.82, 2.24) is 16.0 Å². The molecule has 130 valence electrons. The van der Waals surface area contributed by atoms with Gasteiger partial charge in [-0.1, -0.05) is 44.2 Å². The van der Waals surface area contributed by atoms with Crippen LogP contribution in [0.3, 0.4) is 0 Å². The summed E-state index contributed by atoms with van der Waals surface area (Å²) in [5.74, 6) is -0.655. The van der Waals surface area contributed by atoms with Gasteiger partial charge in [0, 0.05) is 13.1 Å². The van der Waals surface area contributed by atoms with E-state index in [0.717, 1.165) is 5.56 Å². The Kier molecular flexibility index (Phi) is 4.60. The van der Waals surface area contributed by atoms with Gasteiger partial charge in [0.2, 0.25) is 11.8 Å². The summed E-state index contributed by atoms with van der Waals surface area (Å²) >= 11 is 0. The maximum absolute atomic E-state index is 12.4. The third kappa shape index (κ3) is 2.91. The molecule has 3 rings (SSSR count). The molecule has 1 aromatic carbocycles. The molecule has 0 bridgehead atoms. The molecule has 0 aromatic heterocycles. The van der Waals surface area contributed by atoms with Crippen molar-refractivity contribution in [3.05, 3.63) is 35.9 Å². The van der Waals surface area contributed by atoms with Gasteiger partial charge in [-0.25, -0.2) is 0 Å². The van der Waals surface area contributed by atoms with E-state index in [4.69, 9.17) is 0 Å². The Balaban J connectivity index is 1.62. The Bertz CT molecular complexity index is 619. The average Bonchev–Trinajstić information content (AvgIpc) is 3.01. The highest BCUT2D eigenvalue weighted by Crippen LogP contribution is 2.35. The van der Waals surface area contributed by atoms with Crippen LogP contribution in [-0.2, 0) is 16.1 Å². The second-order valence-electron chi connectivity index (χ2n) is 7.17. The van der Waals surface area contributed by atoms with Crippen molar-refractivity contribution < 1.29 is 14.7 Å². The highest BCUT2D eigenvalue weighted by Gasteiger charge is 2.60. The van der Waals surface area contributed by atoms with Gasteiger partial charge in [0.25, 0.3) is 0 Å². The Hall–Kier alpha value is -1.92. The number of carbonyl (C=O) groups excluding carboxylic acids is 2. The van der Waals surface area contributed by atoms with Crippen molar-refractivity contribution >= 4 is 11.8 Å². The maximum Gasteiger partial charge on any atom is 0.248 e. The number of aliphatic hydroxyl groups excluding tert-OH is 1. The standard InChI is InChI=1S/C18H25N3O3/c1-11(2)14-15(22)18(17(24)20-14)8-13(16(23)21-18)10-19-9-12-6-4-3-5-7-12/h3-7,11,13-15,19,22H,8-10H2,1-2H3,(H,20,24)(H,21,23)/t13-,14+,15-,18+/m0/s1. The first-order valence-electron chi connectivity index (χ1n) is 8.50. The molecule has 0 saturated carbocycles. The number of aliphatic hydroxyl groups is 1. The number of nitrogens with one attached hydrogen (secondary N) is 3. The van der Waals surface area contributed by atoms with Gasteiger partial charge >= 0.3 is 0 Å². The van der Waals surface area contributed by atoms with E-state index in [-0.39, 0.29) is 29.7 Å². The van der Waals surface area contributed by atoms with Crippen molar-refractivity contribution in [3.8, 4) is 0 Å². The first kappa shape index (κ1) is 16.9. The first-order chi connectivity index (χ1) is 11.4. The van der Waals surface area contributed by atoms with Crippen LogP contribution in [0.2, 0.25) is 0 Å². The Morgan fingerprint density at radius 2 is 2.00 bits per heavy atom. The van der Waals surface area contributed by atoms with Gasteiger partial charge < -0.3 is 21.1 Å². The Morgan fingerprint density at radius 3 is 2.62 bits per heavy atom. The predicted molar refractivity (Wildman–Crippen MR) is 89.9 cm³/mol. The molecule has 2 amide bonds. The molecule has 2 aliphatic rings. The summed E-state index contributed by atoms with van der Waals surface area (Å²) in [6.07, 6.45) is -0.572. The van der Waals surface area contributed by atoms with Crippen LogP contribution in [0.15, 0.2) is 30.3 Å². The molecule has 1 aromatic rings. The number of amides is 2. The van der Waals surface area contributed by atoms with Gasteiger partial charge in [-0.2, -0.15) is 0 Å². The Labute approximate surface area is 142 Å². The zero-order valence-corrected chi connectivity index (χ0v) is 14.1. The molecule has 0 aliphatic carbocycles. The molecule has 6 heteroatoms. The molecule has 4 N–H and O–H groups in total. The minimum absolute atomic E-state index is 0.107. The predicted octanol–water partition coefficient (Wildman–Crippen LogP) is 0.166. The first-order valence-corrected chi connectivity index (χ1v) is 8.50. The van der Waals surface area contributed by atoms with E-state index in [9.17, 15) is 14.7 Å². The van der Waals surface area contributed by atoms with Gasteiger partial charge in [-0.05, 0) is 17.9 Å². The SMILES string of the molecule is CC(C)[C@H]1NC(=O)[C@@]2(C[C@@H](CNCc3ccccc3)C(=O)N2)[C@H]1O. The molecule has 24 heavy (non-hydrogen) atoms. The molecule has 2 heterocycles. The molecule has 1 spiro atoms. The third-order valence-corrected chi connectivity index (χ3v) is 5.11. The fourth-order valence-corrected chi connectivity index (χ4v) is 3.68. The van der Waals surface area contributed by atoms with E-state index in [1.54, 1.807) is 0 Å². The number of rotatable bonds is 5. The molecule has 0 radical (unpaired) electrons. The van der Waals surface area contributed by atoms with Gasteiger partial charge in [0.1, 0.15) is 11.6 Å². The second-order valence-corrected chi connectivity index (χ2v) is 7.17. The zero-order valence-electron chi connectivity index (χ0n) is 14.1. The van der Waals surface area contributed by atoms with E-state index in [2.05, 4.69) is 16.0 Å². The quantitative estimate of drug-likeness (QED) is 0.619. The fraction of sp³-hybridized carbons (Fsp3) is 0.556. The summed E-state index contributed by atoms with van der Waals surface area (Å²) < 4.78 is 0. The number of hydrogen-bond donors (Lipinski definition) is 4. The zero-order chi connectivity index (χ0) is 17.3. The summed E-state index contributed by atoms with van der Waals surface area (Å²) in [6, 6.07) is 9.62. The minimum Gasteiger partial charge on any atom is -0.388 e. The lowest BCUT2D eigenvalue weighted by Crippen LogP contribution is -2.55. The average molecular weight is 331 g/mol. The van der Waals surface area contributed by atoms with Crippen LogP contribution in [0.4, 0.5) is 0 Å². The molecular weight excluding hydrogens is 306 g/mol. The Morgan fingerprint density at radius 1 is 1.29 bits per heavy atom. The normalized spacial score (nSPS) is 32.4. The van der Waals surface area contributed by atoms with Gasteiger partial charge in [0.05, 0.1) is 12.0 Å². The van der Waals surface area contributed by atoms with Crippen LogP contribution >= 0.6 is 0 Å². The highest BCUT2D eigenvalue weighted by atomic mass is 16.3. The molecule has 2 fully saturated rings. The van der Waals surface area contributed by atoms with Gasteiger partial charge in [-0.15, -0.1) is 0 Å². The highest BCUT2D eigenvalue weighted by molar-refractivity contribution is 5.98. The molecule has 4 atom stereocenters. The largest absolute Gasteiger partial charge is 0.388 e. The van der Waals surface area contributed by atoms with Crippen LogP contribution in [0.1, 0.15) is 25.8 Å². The molecule has 2 saturated heterocycles. The van der Waals surface area contributed by atoms with E-state index < -0.39 is 11.6 Å². The van der Waals surface area contributed by atoms with E-state index in [1.165, 1.54) is 0 Å². The molecule has 0 unspecified atom stereocenters. The van der Waals surface area contributed by atoms with Crippen molar-refractivity contribution in [1.29, 1.82) is 0 Å². The van der Waals surface area contributed by atoms with Crippen molar-refractivity contribution in [2.75, 3.05) is 6.54 Å². The number of carbonyl (C=O) groups is 2. The molecular formula is C18H25N3O3. The summed E-state index contributed by atoms with van der Waals surface area (Å²) in [5, 5.41) is 19.5. The van der Waals surface area contributed by atoms with Crippen LogP contribution < -0.4 is 16.0 Å². The molecule has 2 aliphatic heterocycles. The van der Waals surface area contributed by atoms with Crippen LogP contribution in [0.25, 0.3) is 0 Å². The molecule has 6 nitrogen and oxygen atoms in total. The van der Waals surface area contributed by atoms with Crippen molar-refractivity contribution in [3.63, 3.8) is 0 Å². The summed E-state index contributed by atoms with van der Waals surface area (Å²) in [6.45, 7) is 5.04. The smallest absolute Gasteiger partial charge is 0.248 e. The van der Waals surface area contributed by atoms with Crippen molar-refractivity contribution in [2.45, 2.75) is 44.5 Å². The monoisotopic (exact) mass is 331 g/mol. The number of benzene rings is 1. The van der Waals surface area contributed by atoms with Gasteiger partial charge in [0.15, 0.2) is 0 Å². The lowest BCUT2D eigenvalue weighted by Gasteiger charge is -2.27. The van der Waals surface area contributed by atoms with E-state index in [0.29, 0.717) is 19.5 Å². The van der Waals surface area contributed by atoms with Crippen LogP contribution in [0, 0.1) is 11.8 Å². The topological polar surface area (TPSA) is 90.5 Å². The van der Waals surface area contributed by atoms with Crippen LogP contribution in [0.5, 0.6) is 0 Å². The minimum atomic E-state index is -1.18. The summed E-state index contributed by atoms with van der Waals surface area (Å²) in [7, 11) is 0. The third-order valence-electron chi connectivity index (χ3n) is 5.11. The lowest BCUT2D eigenvalue weighted by molar-refractivity contribution is -0.129. The summed E-state index contributed by atoms with van der Waals surface area (Å²) in [5.41, 5.74) is -0.0328. The van der Waals surface area contributed by atoms with Crippen LogP contribution in [-0.4, -0.2) is 41.2 Å². The number of hydrogen-bond acceptors (Lipinski definition) is 4. The van der Waals surface area contributed by atoms with E-state index >= 15 is 0 Å². The summed E-state index contributed by atoms with van der Waals surface area (Å²) in [4.78, 5) is 24.7. The lowest BCUT2D eigenvalue weighted by atomic mass is 9.84. The second kappa shape index (κ2) is 6.53. The van der Waals surface area contributed by atoms with Crippen molar-refractivity contribution in [2.24, 2.45) is 11.8 Å².